The van der Waals surface area contributed by atoms with E-state index in [1.165, 1.54) is 38.9 Å². The number of alkyl halides is 1. The molecule has 0 bridgehead atoms. The zero-order valence-electron chi connectivity index (χ0n) is 9.79. The Morgan fingerprint density at radius 3 is 2.19 bits per heavy atom. The molecule has 1 aromatic rings. The molecule has 0 aromatic heterocycles. The molecule has 16 heavy (non-hydrogen) atoms. The number of unbranched alkanes of at least 4 members (excludes halogenated alkanes) is 1. The second-order valence-corrected chi connectivity index (χ2v) is 4.88. The minimum absolute atomic E-state index is 0.800. The van der Waals surface area contributed by atoms with E-state index < -0.39 is 0 Å². The molecular formula is C14H20ClN. The quantitative estimate of drug-likeness (QED) is 0.575. The van der Waals surface area contributed by atoms with E-state index in [0.717, 1.165) is 12.3 Å². The lowest BCUT2D eigenvalue weighted by Gasteiger charge is -2.19. The predicted molar refractivity (Wildman–Crippen MR) is 70.2 cm³/mol. The molecule has 1 heterocycles. The van der Waals surface area contributed by atoms with Gasteiger partial charge in [0.2, 0.25) is 0 Å². The van der Waals surface area contributed by atoms with Crippen LogP contribution in [-0.2, 0) is 12.8 Å². The average Bonchev–Trinajstić information content (AvgIpc) is 2.53. The summed E-state index contributed by atoms with van der Waals surface area (Å²) in [5.41, 5.74) is 3.09. The van der Waals surface area contributed by atoms with Gasteiger partial charge in [-0.2, -0.15) is 0 Å². The van der Waals surface area contributed by atoms with Crippen LogP contribution in [0.1, 0.15) is 24.0 Å². The molecule has 0 unspecified atom stereocenters. The highest BCUT2D eigenvalue weighted by Crippen LogP contribution is 2.15. The summed E-state index contributed by atoms with van der Waals surface area (Å²) in [4.78, 5) is 2.58. The molecule has 0 atom stereocenters. The number of halogens is 1. The first-order valence-corrected chi connectivity index (χ1v) is 6.78. The minimum Gasteiger partial charge on any atom is -0.303 e. The number of rotatable bonds is 4. The summed E-state index contributed by atoms with van der Waals surface area (Å²) in [6.07, 6.45) is 4.79. The normalized spacial score (nSPS) is 16.8. The number of benzene rings is 1. The summed E-state index contributed by atoms with van der Waals surface area (Å²) in [7, 11) is 0. The molecule has 0 saturated carbocycles. The van der Waals surface area contributed by atoms with Crippen LogP contribution in [0, 0.1) is 0 Å². The molecule has 2 heteroatoms. The standard InChI is InChI=1S/C14H20ClN/c15-9-3-4-10-16-11-7-13-5-1-2-6-14(13)8-12-16/h1-2,5-6H,3-4,7-12H2. The monoisotopic (exact) mass is 237 g/mol. The fourth-order valence-corrected chi connectivity index (χ4v) is 2.56. The second-order valence-electron chi connectivity index (χ2n) is 4.51. The van der Waals surface area contributed by atoms with Gasteiger partial charge in [0.15, 0.2) is 0 Å². The second kappa shape index (κ2) is 6.27. The van der Waals surface area contributed by atoms with Gasteiger partial charge in [0.25, 0.3) is 0 Å². The molecule has 0 fully saturated rings. The van der Waals surface area contributed by atoms with Crippen LogP contribution in [0.3, 0.4) is 0 Å². The van der Waals surface area contributed by atoms with Crippen molar-refractivity contribution in [1.29, 1.82) is 0 Å². The summed E-state index contributed by atoms with van der Waals surface area (Å²) in [5, 5.41) is 0. The Morgan fingerprint density at radius 1 is 1.00 bits per heavy atom. The first-order valence-electron chi connectivity index (χ1n) is 6.25. The topological polar surface area (TPSA) is 3.24 Å². The molecule has 1 aliphatic heterocycles. The molecule has 0 amide bonds. The van der Waals surface area contributed by atoms with Crippen molar-refractivity contribution in [3.8, 4) is 0 Å². The number of hydrogen-bond acceptors (Lipinski definition) is 1. The Kier molecular flexibility index (Phi) is 4.68. The van der Waals surface area contributed by atoms with Crippen LogP contribution < -0.4 is 0 Å². The van der Waals surface area contributed by atoms with E-state index in [-0.39, 0.29) is 0 Å². The SMILES string of the molecule is ClCCCCN1CCc2ccccc2CC1. The molecule has 88 valence electrons. The van der Waals surface area contributed by atoms with Crippen LogP contribution >= 0.6 is 11.6 Å². The van der Waals surface area contributed by atoms with Crippen molar-refractivity contribution < 1.29 is 0 Å². The number of fused-ring (bicyclic) bond motifs is 1. The van der Waals surface area contributed by atoms with Gasteiger partial charge >= 0.3 is 0 Å². The van der Waals surface area contributed by atoms with Crippen molar-refractivity contribution in [2.75, 3.05) is 25.5 Å². The molecule has 1 nitrogen and oxygen atoms in total. The van der Waals surface area contributed by atoms with Crippen molar-refractivity contribution >= 4 is 11.6 Å². The number of hydrogen-bond donors (Lipinski definition) is 0. The lowest BCUT2D eigenvalue weighted by molar-refractivity contribution is 0.283. The number of nitrogens with zero attached hydrogens (tertiary/aromatic N) is 1. The predicted octanol–water partition coefficient (Wildman–Crippen LogP) is 3.11. The van der Waals surface area contributed by atoms with Gasteiger partial charge in [-0.05, 0) is 43.4 Å². The van der Waals surface area contributed by atoms with E-state index in [1.54, 1.807) is 11.1 Å². The molecule has 0 radical (unpaired) electrons. The van der Waals surface area contributed by atoms with Crippen molar-refractivity contribution in [2.24, 2.45) is 0 Å². The Morgan fingerprint density at radius 2 is 1.62 bits per heavy atom. The third-order valence-electron chi connectivity index (χ3n) is 3.37. The molecule has 0 spiro atoms. The molecule has 0 saturated heterocycles. The van der Waals surface area contributed by atoms with Gasteiger partial charge in [-0.1, -0.05) is 24.3 Å². The summed E-state index contributed by atoms with van der Waals surface area (Å²) in [6.45, 7) is 3.62. The fourth-order valence-electron chi connectivity index (χ4n) is 2.37. The maximum atomic E-state index is 5.71. The van der Waals surface area contributed by atoms with Crippen molar-refractivity contribution in [3.63, 3.8) is 0 Å². The summed E-state index contributed by atoms with van der Waals surface area (Å²) in [6, 6.07) is 8.86. The Hall–Kier alpha value is -0.530. The van der Waals surface area contributed by atoms with E-state index in [9.17, 15) is 0 Å². The smallest absolute Gasteiger partial charge is 0.0223 e. The average molecular weight is 238 g/mol. The molecule has 0 N–H and O–H groups in total. The Balaban J connectivity index is 1.87. The summed E-state index contributed by atoms with van der Waals surface area (Å²) < 4.78 is 0. The van der Waals surface area contributed by atoms with Gasteiger partial charge in [-0.15, -0.1) is 11.6 Å². The van der Waals surface area contributed by atoms with Crippen molar-refractivity contribution in [3.05, 3.63) is 35.4 Å². The highest BCUT2D eigenvalue weighted by Gasteiger charge is 2.12. The van der Waals surface area contributed by atoms with Crippen LogP contribution in [0.4, 0.5) is 0 Å². The zero-order valence-corrected chi connectivity index (χ0v) is 10.5. The molecule has 0 aliphatic carbocycles. The largest absolute Gasteiger partial charge is 0.303 e. The third-order valence-corrected chi connectivity index (χ3v) is 3.64. The maximum absolute atomic E-state index is 5.71. The summed E-state index contributed by atoms with van der Waals surface area (Å²) >= 11 is 5.71. The molecule has 1 aliphatic rings. The van der Waals surface area contributed by atoms with E-state index in [2.05, 4.69) is 29.2 Å². The van der Waals surface area contributed by atoms with Gasteiger partial charge in [0.1, 0.15) is 0 Å². The first kappa shape index (κ1) is 11.9. The van der Waals surface area contributed by atoms with E-state index in [4.69, 9.17) is 11.6 Å². The van der Waals surface area contributed by atoms with Crippen LogP contribution in [-0.4, -0.2) is 30.4 Å². The third kappa shape index (κ3) is 3.23. The highest BCUT2D eigenvalue weighted by molar-refractivity contribution is 6.17. The minimum atomic E-state index is 0.800. The maximum Gasteiger partial charge on any atom is 0.0223 e. The Bertz CT molecular complexity index is 297. The van der Waals surface area contributed by atoms with E-state index in [0.29, 0.717) is 0 Å². The van der Waals surface area contributed by atoms with Crippen LogP contribution in [0.15, 0.2) is 24.3 Å². The Labute approximate surface area is 103 Å². The van der Waals surface area contributed by atoms with Crippen molar-refractivity contribution in [2.45, 2.75) is 25.7 Å². The highest BCUT2D eigenvalue weighted by atomic mass is 35.5. The lowest BCUT2D eigenvalue weighted by Crippen LogP contribution is -2.27. The van der Waals surface area contributed by atoms with Crippen LogP contribution in [0.25, 0.3) is 0 Å². The molecule has 2 rings (SSSR count). The van der Waals surface area contributed by atoms with Gasteiger partial charge in [-0.3, -0.25) is 0 Å². The summed E-state index contributed by atoms with van der Waals surface area (Å²) in [5.74, 6) is 0.800. The fraction of sp³-hybridized carbons (Fsp3) is 0.571. The van der Waals surface area contributed by atoms with Crippen LogP contribution in [0.2, 0.25) is 0 Å². The zero-order chi connectivity index (χ0) is 11.2. The first-order chi connectivity index (χ1) is 7.90. The van der Waals surface area contributed by atoms with Crippen molar-refractivity contribution in [1.82, 2.24) is 4.90 Å². The van der Waals surface area contributed by atoms with E-state index >= 15 is 0 Å². The van der Waals surface area contributed by atoms with Gasteiger partial charge in [-0.25, -0.2) is 0 Å². The molecular weight excluding hydrogens is 218 g/mol. The van der Waals surface area contributed by atoms with E-state index in [1.807, 2.05) is 0 Å². The van der Waals surface area contributed by atoms with Crippen LogP contribution in [0.5, 0.6) is 0 Å². The lowest BCUT2D eigenvalue weighted by atomic mass is 10.0. The van der Waals surface area contributed by atoms with Gasteiger partial charge in [0.05, 0.1) is 0 Å². The van der Waals surface area contributed by atoms with Gasteiger partial charge in [0, 0.05) is 19.0 Å². The molecule has 1 aromatic carbocycles. The van der Waals surface area contributed by atoms with Gasteiger partial charge < -0.3 is 4.90 Å².